The summed E-state index contributed by atoms with van der Waals surface area (Å²) in [5, 5.41) is 4.30. The fourth-order valence-electron chi connectivity index (χ4n) is 2.87. The van der Waals surface area contributed by atoms with Crippen molar-refractivity contribution < 1.29 is 4.74 Å². The molecule has 0 atom stereocenters. The molecule has 0 unspecified atom stereocenters. The Bertz CT molecular complexity index is 913. The Labute approximate surface area is 140 Å². The lowest BCUT2D eigenvalue weighted by atomic mass is 10.1. The van der Waals surface area contributed by atoms with E-state index in [2.05, 4.69) is 32.6 Å². The first-order valence-electron chi connectivity index (χ1n) is 7.64. The number of hydrogen-bond acceptors (Lipinski definition) is 5. The zero-order valence-corrected chi connectivity index (χ0v) is 13.6. The third-order valence-electron chi connectivity index (χ3n) is 4.10. The van der Waals surface area contributed by atoms with Gasteiger partial charge in [-0.2, -0.15) is 9.78 Å². The Morgan fingerprint density at radius 3 is 2.71 bits per heavy atom. The van der Waals surface area contributed by atoms with Gasteiger partial charge in [0.15, 0.2) is 5.82 Å². The van der Waals surface area contributed by atoms with E-state index in [0.717, 1.165) is 39.9 Å². The summed E-state index contributed by atoms with van der Waals surface area (Å²) in [7, 11) is 1.66. The molecule has 0 fully saturated rings. The lowest BCUT2D eigenvalue weighted by molar-refractivity contribution is 0.414. The first-order chi connectivity index (χ1) is 11.7. The molecule has 2 aromatic heterocycles. The van der Waals surface area contributed by atoms with Gasteiger partial charge in [-0.1, -0.05) is 18.7 Å². The number of fused-ring (bicyclic) bond motifs is 3. The molecule has 0 spiro atoms. The number of benzene rings is 1. The summed E-state index contributed by atoms with van der Waals surface area (Å²) in [5.41, 5.74) is 3.18. The van der Waals surface area contributed by atoms with Crippen molar-refractivity contribution in [1.29, 1.82) is 0 Å². The fraction of sp³-hybridized carbons (Fsp3) is 0.167. The average Bonchev–Trinajstić information content (AvgIpc) is 3.09. The molecule has 0 saturated heterocycles. The van der Waals surface area contributed by atoms with Crippen LogP contribution in [0.4, 0.5) is 5.82 Å². The van der Waals surface area contributed by atoms with Crippen LogP contribution in [0.1, 0.15) is 11.1 Å². The molecule has 0 amide bonds. The number of methoxy groups -OCH3 is 1. The number of rotatable bonds is 3. The first kappa shape index (κ1) is 14.4. The van der Waals surface area contributed by atoms with Crippen molar-refractivity contribution in [3.05, 3.63) is 60.6 Å². The molecule has 1 aliphatic rings. The number of aryl methyl sites for hydroxylation is 1. The first-order valence-corrected chi connectivity index (χ1v) is 7.64. The van der Waals surface area contributed by atoms with Gasteiger partial charge in [0.25, 0.3) is 0 Å². The minimum Gasteiger partial charge on any atom is -0.497 e. The van der Waals surface area contributed by atoms with Crippen molar-refractivity contribution in [3.8, 4) is 17.1 Å². The lowest BCUT2D eigenvalue weighted by Gasteiger charge is -2.31. The Morgan fingerprint density at radius 2 is 1.96 bits per heavy atom. The summed E-state index contributed by atoms with van der Waals surface area (Å²) in [4.78, 5) is 11.0. The second-order valence-corrected chi connectivity index (χ2v) is 5.73. The molecule has 120 valence electrons. The number of anilines is 1. The summed E-state index contributed by atoms with van der Waals surface area (Å²) in [5.74, 6) is 3.20. The summed E-state index contributed by atoms with van der Waals surface area (Å²) in [6.07, 6.45) is 3.41. The van der Waals surface area contributed by atoms with E-state index in [9.17, 15) is 0 Å². The molecule has 0 radical (unpaired) electrons. The van der Waals surface area contributed by atoms with Gasteiger partial charge in [-0.25, -0.2) is 9.97 Å². The van der Waals surface area contributed by atoms with E-state index in [1.54, 1.807) is 18.1 Å². The van der Waals surface area contributed by atoms with Crippen molar-refractivity contribution in [3.63, 3.8) is 0 Å². The maximum Gasteiger partial charge on any atom is 0.168 e. The molecule has 0 N–H and O–H groups in total. The van der Waals surface area contributed by atoms with Crippen molar-refractivity contribution in [1.82, 2.24) is 19.7 Å². The summed E-state index contributed by atoms with van der Waals surface area (Å²) >= 11 is 0. The minimum absolute atomic E-state index is 0.644. The van der Waals surface area contributed by atoms with Crippen molar-refractivity contribution >= 4 is 11.6 Å². The minimum atomic E-state index is 0.644. The molecule has 6 nitrogen and oxygen atoms in total. The van der Waals surface area contributed by atoms with E-state index in [0.29, 0.717) is 6.54 Å². The average molecular weight is 319 g/mol. The third-order valence-corrected chi connectivity index (χ3v) is 4.10. The summed E-state index contributed by atoms with van der Waals surface area (Å²) in [6, 6.07) is 10.1. The van der Waals surface area contributed by atoms with Gasteiger partial charge in [-0.3, -0.25) is 0 Å². The molecule has 1 aliphatic heterocycles. The number of aromatic nitrogens is 4. The number of pyridine rings is 1. The number of hydrogen-bond donors (Lipinski definition) is 0. The fourth-order valence-corrected chi connectivity index (χ4v) is 2.87. The molecular weight excluding hydrogens is 302 g/mol. The SMILES string of the molecule is C=C1N(Cc2ccc(OC)cc2)c2ncc(C)cc2-c2ncnn21. The van der Waals surface area contributed by atoms with Crippen LogP contribution in [0, 0.1) is 6.92 Å². The third kappa shape index (κ3) is 2.23. The van der Waals surface area contributed by atoms with Gasteiger partial charge >= 0.3 is 0 Å². The highest BCUT2D eigenvalue weighted by Gasteiger charge is 2.28. The molecule has 0 saturated carbocycles. The van der Waals surface area contributed by atoms with Gasteiger partial charge in [-0.15, -0.1) is 0 Å². The second-order valence-electron chi connectivity index (χ2n) is 5.73. The van der Waals surface area contributed by atoms with Crippen LogP contribution >= 0.6 is 0 Å². The van der Waals surface area contributed by atoms with Crippen molar-refractivity contribution in [2.45, 2.75) is 13.5 Å². The predicted octanol–water partition coefficient (Wildman–Crippen LogP) is 3.11. The Morgan fingerprint density at radius 1 is 1.17 bits per heavy atom. The summed E-state index contributed by atoms with van der Waals surface area (Å²) < 4.78 is 6.98. The van der Waals surface area contributed by atoms with Gasteiger partial charge in [0.2, 0.25) is 0 Å². The second kappa shape index (κ2) is 5.49. The van der Waals surface area contributed by atoms with Crippen LogP contribution in [-0.4, -0.2) is 26.9 Å². The highest BCUT2D eigenvalue weighted by molar-refractivity contribution is 5.84. The molecule has 0 aliphatic carbocycles. The zero-order chi connectivity index (χ0) is 16.7. The maximum absolute atomic E-state index is 5.22. The Balaban J connectivity index is 1.77. The van der Waals surface area contributed by atoms with Gasteiger partial charge in [-0.05, 0) is 36.2 Å². The Hall–Kier alpha value is -3.15. The van der Waals surface area contributed by atoms with Crippen LogP contribution in [0.15, 0.2) is 49.4 Å². The largest absolute Gasteiger partial charge is 0.497 e. The van der Waals surface area contributed by atoms with E-state index < -0.39 is 0 Å². The van der Waals surface area contributed by atoms with Crippen LogP contribution in [0.3, 0.4) is 0 Å². The van der Waals surface area contributed by atoms with Crippen LogP contribution in [0.5, 0.6) is 5.75 Å². The molecule has 1 aromatic carbocycles. The normalized spacial score (nSPS) is 12.8. The van der Waals surface area contributed by atoms with Gasteiger partial charge in [0, 0.05) is 6.20 Å². The van der Waals surface area contributed by atoms with Gasteiger partial charge in [0.05, 0.1) is 19.2 Å². The van der Waals surface area contributed by atoms with Crippen LogP contribution in [0.2, 0.25) is 0 Å². The number of nitrogens with zero attached hydrogens (tertiary/aromatic N) is 5. The van der Waals surface area contributed by atoms with Gasteiger partial charge < -0.3 is 9.64 Å². The molecule has 4 rings (SSSR count). The van der Waals surface area contributed by atoms with E-state index in [-0.39, 0.29) is 0 Å². The molecule has 24 heavy (non-hydrogen) atoms. The standard InChI is InChI=1S/C18H17N5O/c1-12-8-16-17(19-9-12)22(13(2)23-18(16)20-11-21-23)10-14-4-6-15(24-3)7-5-14/h4-9,11H,2,10H2,1,3H3. The van der Waals surface area contributed by atoms with Crippen LogP contribution in [-0.2, 0) is 6.54 Å². The molecule has 0 bridgehead atoms. The molecule has 3 aromatic rings. The zero-order valence-electron chi connectivity index (χ0n) is 13.6. The summed E-state index contributed by atoms with van der Waals surface area (Å²) in [6.45, 7) is 6.85. The predicted molar refractivity (Wildman–Crippen MR) is 92.5 cm³/mol. The Kier molecular flexibility index (Phi) is 3.30. The van der Waals surface area contributed by atoms with Gasteiger partial charge in [0.1, 0.15) is 23.7 Å². The quantitative estimate of drug-likeness (QED) is 0.742. The highest BCUT2D eigenvalue weighted by atomic mass is 16.5. The number of ether oxygens (including phenoxy) is 1. The van der Waals surface area contributed by atoms with E-state index >= 15 is 0 Å². The van der Waals surface area contributed by atoms with Crippen molar-refractivity contribution in [2.24, 2.45) is 0 Å². The van der Waals surface area contributed by atoms with E-state index in [4.69, 9.17) is 4.74 Å². The van der Waals surface area contributed by atoms with E-state index in [1.165, 1.54) is 0 Å². The van der Waals surface area contributed by atoms with Crippen LogP contribution < -0.4 is 9.64 Å². The lowest BCUT2D eigenvalue weighted by Crippen LogP contribution is -2.29. The molecule has 6 heteroatoms. The highest BCUT2D eigenvalue weighted by Crippen LogP contribution is 2.37. The van der Waals surface area contributed by atoms with Crippen molar-refractivity contribution in [2.75, 3.05) is 12.0 Å². The molecule has 3 heterocycles. The van der Waals surface area contributed by atoms with E-state index in [1.807, 2.05) is 37.4 Å². The smallest absolute Gasteiger partial charge is 0.168 e. The maximum atomic E-state index is 5.22. The topological polar surface area (TPSA) is 56.1 Å². The molecular formula is C18H17N5O. The monoisotopic (exact) mass is 319 g/mol. The van der Waals surface area contributed by atoms with Crippen LogP contribution in [0.25, 0.3) is 17.2 Å².